The molecule has 0 aromatic heterocycles. The van der Waals surface area contributed by atoms with Crippen LogP contribution in [-0.4, -0.2) is 43.3 Å². The van der Waals surface area contributed by atoms with Gasteiger partial charge in [0.05, 0.1) is 13.2 Å². The van der Waals surface area contributed by atoms with Crippen LogP contribution in [0.5, 0.6) is 0 Å². The molecule has 4 heteroatoms. The summed E-state index contributed by atoms with van der Waals surface area (Å²) in [7, 11) is 0. The Labute approximate surface area is 96.3 Å². The highest BCUT2D eigenvalue weighted by atomic mass is 16.5. The lowest BCUT2D eigenvalue weighted by molar-refractivity contribution is 0.0519. The third-order valence-corrected chi connectivity index (χ3v) is 4.35. The normalized spacial score (nSPS) is 37.8. The molecule has 3 rings (SSSR count). The average molecular weight is 224 g/mol. The van der Waals surface area contributed by atoms with Gasteiger partial charge in [0.25, 0.3) is 0 Å². The number of rotatable bonds is 1. The number of carbonyl (C=O) groups is 1. The molecule has 3 fully saturated rings. The van der Waals surface area contributed by atoms with Crippen LogP contribution in [0.3, 0.4) is 0 Å². The summed E-state index contributed by atoms with van der Waals surface area (Å²) in [4.78, 5) is 13.9. The molecule has 1 aliphatic heterocycles. The van der Waals surface area contributed by atoms with Crippen LogP contribution in [0, 0.1) is 11.8 Å². The van der Waals surface area contributed by atoms with E-state index in [1.54, 1.807) is 0 Å². The minimum Gasteiger partial charge on any atom is -0.378 e. The lowest BCUT2D eigenvalue weighted by atomic mass is 9.95. The van der Waals surface area contributed by atoms with Gasteiger partial charge >= 0.3 is 6.03 Å². The van der Waals surface area contributed by atoms with Crippen LogP contribution in [-0.2, 0) is 4.74 Å². The van der Waals surface area contributed by atoms with Crippen molar-refractivity contribution in [3.63, 3.8) is 0 Å². The minimum atomic E-state index is 0.126. The molecule has 3 unspecified atom stereocenters. The maximum absolute atomic E-state index is 12.0. The SMILES string of the molecule is O=C(NC1CC2CCC1C2)N1CCOCC1. The van der Waals surface area contributed by atoms with Crippen LogP contribution in [0.25, 0.3) is 0 Å². The molecule has 90 valence electrons. The van der Waals surface area contributed by atoms with Crippen molar-refractivity contribution in [2.45, 2.75) is 31.7 Å². The molecule has 1 N–H and O–H groups in total. The molecule has 0 aromatic carbocycles. The molecule has 4 nitrogen and oxygen atoms in total. The molecule has 2 bridgehead atoms. The topological polar surface area (TPSA) is 41.6 Å². The number of amides is 2. The van der Waals surface area contributed by atoms with Gasteiger partial charge in [0.1, 0.15) is 0 Å². The highest BCUT2D eigenvalue weighted by Crippen LogP contribution is 2.44. The average Bonchev–Trinajstić information content (AvgIpc) is 2.92. The zero-order valence-corrected chi connectivity index (χ0v) is 9.65. The summed E-state index contributed by atoms with van der Waals surface area (Å²) >= 11 is 0. The minimum absolute atomic E-state index is 0.126. The van der Waals surface area contributed by atoms with Crippen molar-refractivity contribution in [3.05, 3.63) is 0 Å². The molecule has 3 aliphatic rings. The number of morpholine rings is 1. The second-order valence-electron chi connectivity index (χ2n) is 5.33. The van der Waals surface area contributed by atoms with E-state index >= 15 is 0 Å². The molecular formula is C12H20N2O2. The first-order valence-electron chi connectivity index (χ1n) is 6.46. The molecule has 2 amide bonds. The molecule has 16 heavy (non-hydrogen) atoms. The molecule has 0 spiro atoms. The van der Waals surface area contributed by atoms with Gasteiger partial charge in [0.2, 0.25) is 0 Å². The van der Waals surface area contributed by atoms with Gasteiger partial charge in [-0.25, -0.2) is 4.79 Å². The summed E-state index contributed by atoms with van der Waals surface area (Å²) in [5, 5.41) is 3.21. The highest BCUT2D eigenvalue weighted by Gasteiger charge is 2.40. The Morgan fingerprint density at radius 2 is 2.00 bits per heavy atom. The lowest BCUT2D eigenvalue weighted by Gasteiger charge is -2.30. The van der Waals surface area contributed by atoms with E-state index in [9.17, 15) is 4.79 Å². The third-order valence-electron chi connectivity index (χ3n) is 4.35. The molecule has 1 heterocycles. The number of hydrogen-bond donors (Lipinski definition) is 1. The van der Waals surface area contributed by atoms with Crippen molar-refractivity contribution in [1.82, 2.24) is 10.2 Å². The van der Waals surface area contributed by atoms with E-state index in [0.717, 1.165) is 24.9 Å². The summed E-state index contributed by atoms with van der Waals surface area (Å²) < 4.78 is 5.25. The fraction of sp³-hybridized carbons (Fsp3) is 0.917. The van der Waals surface area contributed by atoms with E-state index in [2.05, 4.69) is 5.32 Å². The van der Waals surface area contributed by atoms with E-state index < -0.39 is 0 Å². The number of ether oxygens (including phenoxy) is 1. The summed E-state index contributed by atoms with van der Waals surface area (Å²) in [5.41, 5.74) is 0. The Bertz CT molecular complexity index is 276. The number of nitrogens with zero attached hydrogens (tertiary/aromatic N) is 1. The van der Waals surface area contributed by atoms with Crippen molar-refractivity contribution in [1.29, 1.82) is 0 Å². The van der Waals surface area contributed by atoms with E-state index in [4.69, 9.17) is 4.74 Å². The predicted octanol–water partition coefficient (Wildman–Crippen LogP) is 1.22. The largest absolute Gasteiger partial charge is 0.378 e. The lowest BCUT2D eigenvalue weighted by Crippen LogP contribution is -2.50. The van der Waals surface area contributed by atoms with E-state index in [0.29, 0.717) is 19.3 Å². The first-order valence-corrected chi connectivity index (χ1v) is 6.46. The summed E-state index contributed by atoms with van der Waals surface area (Å²) in [6.07, 6.45) is 5.25. The maximum Gasteiger partial charge on any atom is 0.317 e. The van der Waals surface area contributed by atoms with Crippen molar-refractivity contribution < 1.29 is 9.53 Å². The van der Waals surface area contributed by atoms with Gasteiger partial charge in [-0.2, -0.15) is 0 Å². The quantitative estimate of drug-likeness (QED) is 0.727. The fourth-order valence-electron chi connectivity index (χ4n) is 3.44. The molecule has 2 saturated carbocycles. The maximum atomic E-state index is 12.0. The fourth-order valence-corrected chi connectivity index (χ4v) is 3.44. The Balaban J connectivity index is 1.52. The first-order chi connectivity index (χ1) is 7.83. The standard InChI is InChI=1S/C12H20N2O2/c15-12(14-3-5-16-6-4-14)13-11-8-9-1-2-10(11)7-9/h9-11H,1-8H2,(H,13,15). The van der Waals surface area contributed by atoms with E-state index in [1.807, 2.05) is 4.90 Å². The van der Waals surface area contributed by atoms with Crippen LogP contribution >= 0.6 is 0 Å². The number of carbonyl (C=O) groups excluding carboxylic acids is 1. The van der Waals surface area contributed by atoms with Crippen molar-refractivity contribution in [3.8, 4) is 0 Å². The monoisotopic (exact) mass is 224 g/mol. The Morgan fingerprint density at radius 1 is 1.19 bits per heavy atom. The van der Waals surface area contributed by atoms with Crippen LogP contribution in [0.4, 0.5) is 4.79 Å². The summed E-state index contributed by atoms with van der Waals surface area (Å²) in [6, 6.07) is 0.579. The van der Waals surface area contributed by atoms with Gasteiger partial charge in [-0.05, 0) is 31.1 Å². The van der Waals surface area contributed by atoms with Gasteiger partial charge < -0.3 is 15.0 Å². The zero-order chi connectivity index (χ0) is 11.0. The van der Waals surface area contributed by atoms with Gasteiger partial charge in [-0.15, -0.1) is 0 Å². The van der Waals surface area contributed by atoms with Gasteiger partial charge in [-0.3, -0.25) is 0 Å². The van der Waals surface area contributed by atoms with Crippen LogP contribution < -0.4 is 5.32 Å². The highest BCUT2D eigenvalue weighted by molar-refractivity contribution is 5.74. The van der Waals surface area contributed by atoms with Gasteiger partial charge in [0.15, 0.2) is 0 Å². The number of nitrogens with one attached hydrogen (secondary N) is 1. The molecule has 0 aromatic rings. The zero-order valence-electron chi connectivity index (χ0n) is 9.65. The van der Waals surface area contributed by atoms with Crippen LogP contribution in [0.1, 0.15) is 25.7 Å². The molecule has 3 atom stereocenters. The number of hydrogen-bond acceptors (Lipinski definition) is 2. The van der Waals surface area contributed by atoms with Gasteiger partial charge in [-0.1, -0.05) is 6.42 Å². The smallest absolute Gasteiger partial charge is 0.317 e. The molecule has 0 radical (unpaired) electrons. The van der Waals surface area contributed by atoms with Crippen molar-refractivity contribution in [2.24, 2.45) is 11.8 Å². The van der Waals surface area contributed by atoms with Crippen LogP contribution in [0.15, 0.2) is 0 Å². The Hall–Kier alpha value is -0.770. The predicted molar refractivity (Wildman–Crippen MR) is 60.2 cm³/mol. The molecule has 2 aliphatic carbocycles. The summed E-state index contributed by atoms with van der Waals surface area (Å²) in [5.74, 6) is 1.65. The second kappa shape index (κ2) is 4.24. The molecular weight excluding hydrogens is 204 g/mol. The second-order valence-corrected chi connectivity index (χ2v) is 5.33. The van der Waals surface area contributed by atoms with E-state index in [-0.39, 0.29) is 6.03 Å². The number of fused-ring (bicyclic) bond motifs is 2. The Morgan fingerprint density at radius 3 is 2.62 bits per heavy atom. The van der Waals surface area contributed by atoms with Gasteiger partial charge in [0, 0.05) is 19.1 Å². The van der Waals surface area contributed by atoms with Crippen molar-refractivity contribution in [2.75, 3.05) is 26.3 Å². The first kappa shape index (κ1) is 10.4. The number of urea groups is 1. The van der Waals surface area contributed by atoms with Crippen LogP contribution in [0.2, 0.25) is 0 Å². The summed E-state index contributed by atoms with van der Waals surface area (Å²) in [6.45, 7) is 2.85. The molecule has 1 saturated heterocycles. The van der Waals surface area contributed by atoms with Crippen molar-refractivity contribution >= 4 is 6.03 Å². The van der Waals surface area contributed by atoms with E-state index in [1.165, 1.54) is 25.7 Å². The third kappa shape index (κ3) is 1.90. The Kier molecular flexibility index (Phi) is 2.75.